The van der Waals surface area contributed by atoms with Crippen LogP contribution in [0.4, 0.5) is 4.39 Å². The summed E-state index contributed by atoms with van der Waals surface area (Å²) in [6.45, 7) is 3.29. The Balaban J connectivity index is 2.03. The number of hydrogen-bond donors (Lipinski definition) is 0. The molecule has 0 bridgehead atoms. The maximum absolute atomic E-state index is 13.6. The van der Waals surface area contributed by atoms with Gasteiger partial charge in [-0.05, 0) is 52.4 Å². The number of para-hydroxylation sites is 1. The summed E-state index contributed by atoms with van der Waals surface area (Å²) in [4.78, 5) is 16.7. The van der Waals surface area contributed by atoms with Gasteiger partial charge < -0.3 is 14.5 Å². The quantitative estimate of drug-likeness (QED) is 0.838. The lowest BCUT2D eigenvalue weighted by Gasteiger charge is -2.38. The molecule has 2 atom stereocenters. The number of hydrogen-bond acceptors (Lipinski definition) is 3. The Morgan fingerprint density at radius 1 is 1.41 bits per heavy atom. The minimum Gasteiger partial charge on any atom is -0.478 e. The first kappa shape index (κ1) is 16.7. The number of rotatable bonds is 5. The first-order valence-corrected chi connectivity index (χ1v) is 7.85. The molecular formula is C17H25FN2O2. The van der Waals surface area contributed by atoms with Crippen LogP contribution in [0.25, 0.3) is 0 Å². The summed E-state index contributed by atoms with van der Waals surface area (Å²) < 4.78 is 19.2. The standard InChI is InChI=1S/C17H25FN2O2/c1-13(22-16-10-5-4-9-15(16)18)17(21)20-11-7-6-8-14(20)12-19(2)3/h4-5,9-10,13-14H,6-8,11-12H2,1-3H3/t13-,14+/m0/s1. The van der Waals surface area contributed by atoms with Crippen molar-refractivity contribution in [3.8, 4) is 5.75 Å². The van der Waals surface area contributed by atoms with E-state index in [0.717, 1.165) is 32.4 Å². The largest absolute Gasteiger partial charge is 0.478 e. The molecule has 4 nitrogen and oxygen atoms in total. The molecule has 122 valence electrons. The van der Waals surface area contributed by atoms with Crippen LogP contribution in [0.2, 0.25) is 0 Å². The highest BCUT2D eigenvalue weighted by Crippen LogP contribution is 2.21. The zero-order valence-electron chi connectivity index (χ0n) is 13.6. The van der Waals surface area contributed by atoms with Gasteiger partial charge in [0.1, 0.15) is 0 Å². The second-order valence-electron chi connectivity index (χ2n) is 6.13. The van der Waals surface area contributed by atoms with Crippen molar-refractivity contribution in [1.82, 2.24) is 9.80 Å². The summed E-state index contributed by atoms with van der Waals surface area (Å²) in [5, 5.41) is 0. The van der Waals surface area contributed by atoms with E-state index in [1.54, 1.807) is 25.1 Å². The normalized spacial score (nSPS) is 20.0. The van der Waals surface area contributed by atoms with Crippen molar-refractivity contribution in [2.24, 2.45) is 0 Å². The van der Waals surface area contributed by atoms with Crippen LogP contribution in [0.15, 0.2) is 24.3 Å². The van der Waals surface area contributed by atoms with Crippen LogP contribution in [0.5, 0.6) is 5.75 Å². The molecule has 1 heterocycles. The Morgan fingerprint density at radius 2 is 2.14 bits per heavy atom. The van der Waals surface area contributed by atoms with Crippen molar-refractivity contribution < 1.29 is 13.9 Å². The van der Waals surface area contributed by atoms with Gasteiger partial charge in [0.15, 0.2) is 17.7 Å². The fourth-order valence-corrected chi connectivity index (χ4v) is 2.92. The topological polar surface area (TPSA) is 32.8 Å². The Kier molecular flexibility index (Phi) is 5.77. The van der Waals surface area contributed by atoms with E-state index in [4.69, 9.17) is 4.74 Å². The Morgan fingerprint density at radius 3 is 2.82 bits per heavy atom. The third kappa shape index (κ3) is 4.19. The van der Waals surface area contributed by atoms with E-state index in [1.165, 1.54) is 6.07 Å². The fourth-order valence-electron chi connectivity index (χ4n) is 2.92. The number of halogens is 1. The molecule has 1 aliphatic rings. The molecule has 1 aliphatic heterocycles. The Labute approximate surface area is 131 Å². The average Bonchev–Trinajstić information content (AvgIpc) is 2.49. The van der Waals surface area contributed by atoms with Gasteiger partial charge in [-0.2, -0.15) is 0 Å². The number of benzene rings is 1. The third-order valence-electron chi connectivity index (χ3n) is 3.97. The summed E-state index contributed by atoms with van der Waals surface area (Å²) in [6, 6.07) is 6.40. The number of piperidine rings is 1. The van der Waals surface area contributed by atoms with Gasteiger partial charge in [-0.25, -0.2) is 4.39 Å². The lowest BCUT2D eigenvalue weighted by atomic mass is 10.0. The summed E-state index contributed by atoms with van der Waals surface area (Å²) in [6.07, 6.45) is 2.49. The summed E-state index contributed by atoms with van der Waals surface area (Å²) >= 11 is 0. The number of carbonyl (C=O) groups excluding carboxylic acids is 1. The molecule has 2 rings (SSSR count). The number of amides is 1. The highest BCUT2D eigenvalue weighted by Gasteiger charge is 2.31. The van der Waals surface area contributed by atoms with Crippen LogP contribution in [0.3, 0.4) is 0 Å². The molecule has 0 aromatic heterocycles. The maximum atomic E-state index is 13.6. The second-order valence-corrected chi connectivity index (χ2v) is 6.13. The molecule has 0 unspecified atom stereocenters. The predicted octanol–water partition coefficient (Wildman–Crippen LogP) is 2.54. The van der Waals surface area contributed by atoms with Gasteiger partial charge in [0.2, 0.25) is 0 Å². The fraction of sp³-hybridized carbons (Fsp3) is 0.588. The van der Waals surface area contributed by atoms with Gasteiger partial charge >= 0.3 is 0 Å². The molecule has 0 radical (unpaired) electrons. The molecule has 0 spiro atoms. The molecule has 1 aromatic rings. The Bertz CT molecular complexity index is 507. The average molecular weight is 308 g/mol. The molecule has 0 saturated carbocycles. The number of likely N-dealkylation sites (tertiary alicyclic amines) is 1. The van der Waals surface area contributed by atoms with Gasteiger partial charge in [-0.15, -0.1) is 0 Å². The summed E-state index contributed by atoms with van der Waals surface area (Å²) in [5.41, 5.74) is 0. The van der Waals surface area contributed by atoms with Crippen LogP contribution in [0.1, 0.15) is 26.2 Å². The van der Waals surface area contributed by atoms with E-state index < -0.39 is 11.9 Å². The summed E-state index contributed by atoms with van der Waals surface area (Å²) in [5.74, 6) is -0.370. The van der Waals surface area contributed by atoms with E-state index in [2.05, 4.69) is 4.90 Å². The van der Waals surface area contributed by atoms with Gasteiger partial charge in [-0.3, -0.25) is 4.79 Å². The van der Waals surface area contributed by atoms with E-state index >= 15 is 0 Å². The number of nitrogens with zero attached hydrogens (tertiary/aromatic N) is 2. The van der Waals surface area contributed by atoms with E-state index in [9.17, 15) is 9.18 Å². The van der Waals surface area contributed by atoms with Gasteiger partial charge in [0, 0.05) is 19.1 Å². The Hall–Kier alpha value is -1.62. The molecule has 0 aliphatic carbocycles. The van der Waals surface area contributed by atoms with E-state index in [1.807, 2.05) is 19.0 Å². The molecule has 1 saturated heterocycles. The SMILES string of the molecule is C[C@H](Oc1ccccc1F)C(=O)N1CCCC[C@@H]1CN(C)C. The zero-order chi connectivity index (χ0) is 16.1. The van der Waals surface area contributed by atoms with Crippen molar-refractivity contribution in [2.75, 3.05) is 27.2 Å². The smallest absolute Gasteiger partial charge is 0.263 e. The predicted molar refractivity (Wildman–Crippen MR) is 84.4 cm³/mol. The van der Waals surface area contributed by atoms with E-state index in [-0.39, 0.29) is 17.7 Å². The second kappa shape index (κ2) is 7.58. The molecule has 1 aromatic carbocycles. The van der Waals surface area contributed by atoms with Crippen molar-refractivity contribution in [3.05, 3.63) is 30.1 Å². The van der Waals surface area contributed by atoms with Crippen molar-refractivity contribution >= 4 is 5.91 Å². The molecule has 1 fully saturated rings. The van der Waals surface area contributed by atoms with Crippen molar-refractivity contribution in [1.29, 1.82) is 0 Å². The zero-order valence-corrected chi connectivity index (χ0v) is 13.6. The number of carbonyl (C=O) groups is 1. The van der Waals surface area contributed by atoms with E-state index in [0.29, 0.717) is 0 Å². The first-order valence-electron chi connectivity index (χ1n) is 7.85. The minimum absolute atomic E-state index is 0.0604. The molecule has 22 heavy (non-hydrogen) atoms. The lowest BCUT2D eigenvalue weighted by Crippen LogP contribution is -2.52. The van der Waals surface area contributed by atoms with Crippen LogP contribution in [-0.2, 0) is 4.79 Å². The molecule has 1 amide bonds. The lowest BCUT2D eigenvalue weighted by molar-refractivity contribution is -0.142. The van der Waals surface area contributed by atoms with Crippen LogP contribution in [-0.4, -0.2) is 55.0 Å². The van der Waals surface area contributed by atoms with Gasteiger partial charge in [-0.1, -0.05) is 12.1 Å². The van der Waals surface area contributed by atoms with Crippen LogP contribution in [0, 0.1) is 5.82 Å². The minimum atomic E-state index is -0.681. The van der Waals surface area contributed by atoms with Crippen LogP contribution >= 0.6 is 0 Å². The molecule has 0 N–H and O–H groups in total. The number of likely N-dealkylation sites (N-methyl/N-ethyl adjacent to an activating group) is 1. The number of ether oxygens (including phenoxy) is 1. The molecule has 5 heteroatoms. The highest BCUT2D eigenvalue weighted by atomic mass is 19.1. The third-order valence-corrected chi connectivity index (χ3v) is 3.97. The maximum Gasteiger partial charge on any atom is 0.263 e. The molecular weight excluding hydrogens is 283 g/mol. The van der Waals surface area contributed by atoms with Crippen molar-refractivity contribution in [2.45, 2.75) is 38.3 Å². The summed E-state index contributed by atoms with van der Waals surface area (Å²) in [7, 11) is 4.02. The highest BCUT2D eigenvalue weighted by molar-refractivity contribution is 5.81. The monoisotopic (exact) mass is 308 g/mol. The van der Waals surface area contributed by atoms with Gasteiger partial charge in [0.25, 0.3) is 5.91 Å². The van der Waals surface area contributed by atoms with Gasteiger partial charge in [0.05, 0.1) is 0 Å². The van der Waals surface area contributed by atoms with Crippen molar-refractivity contribution in [3.63, 3.8) is 0 Å². The first-order chi connectivity index (χ1) is 10.5. The van der Waals surface area contributed by atoms with Crippen LogP contribution < -0.4 is 4.74 Å².